The fraction of sp³-hybridized carbons (Fsp3) is 0.353. The number of benzene rings is 1. The molecule has 0 bridgehead atoms. The van der Waals surface area contributed by atoms with Gasteiger partial charge in [0.05, 0.1) is 11.7 Å². The summed E-state index contributed by atoms with van der Waals surface area (Å²) in [6.07, 6.45) is 1.04. The number of hydrogen-bond acceptors (Lipinski definition) is 2. The van der Waals surface area contributed by atoms with Gasteiger partial charge in [0.1, 0.15) is 5.82 Å². The van der Waals surface area contributed by atoms with E-state index in [4.69, 9.17) is 0 Å². The summed E-state index contributed by atoms with van der Waals surface area (Å²) in [5, 5.41) is 3.50. The van der Waals surface area contributed by atoms with Crippen molar-refractivity contribution in [3.63, 3.8) is 0 Å². The van der Waals surface area contributed by atoms with Crippen LogP contribution in [-0.4, -0.2) is 11.5 Å². The average molecular weight is 272 g/mol. The molecular formula is C17H21FN2. The molecule has 1 unspecified atom stereocenters. The summed E-state index contributed by atoms with van der Waals surface area (Å²) in [4.78, 5) is 4.61. The third-order valence-electron chi connectivity index (χ3n) is 3.35. The smallest absolute Gasteiger partial charge is 0.123 e. The number of aromatic nitrogens is 1. The molecule has 0 aliphatic carbocycles. The molecule has 2 nitrogen and oxygen atoms in total. The minimum Gasteiger partial charge on any atom is -0.305 e. The van der Waals surface area contributed by atoms with Gasteiger partial charge in [-0.05, 0) is 62.2 Å². The van der Waals surface area contributed by atoms with Crippen molar-refractivity contribution in [3.05, 3.63) is 64.7 Å². The van der Waals surface area contributed by atoms with E-state index in [1.807, 2.05) is 38.1 Å². The molecule has 106 valence electrons. The lowest BCUT2D eigenvalue weighted by atomic mass is 9.97. The van der Waals surface area contributed by atoms with Crippen LogP contribution >= 0.6 is 0 Å². The highest BCUT2D eigenvalue weighted by Crippen LogP contribution is 2.24. The van der Waals surface area contributed by atoms with Gasteiger partial charge in [-0.15, -0.1) is 0 Å². The molecule has 20 heavy (non-hydrogen) atoms. The summed E-state index contributed by atoms with van der Waals surface area (Å²) < 4.78 is 13.3. The monoisotopic (exact) mass is 272 g/mol. The van der Waals surface area contributed by atoms with Gasteiger partial charge >= 0.3 is 0 Å². The highest BCUT2D eigenvalue weighted by atomic mass is 19.1. The van der Waals surface area contributed by atoms with Crippen LogP contribution < -0.4 is 5.32 Å². The molecule has 1 aromatic heterocycles. The van der Waals surface area contributed by atoms with E-state index in [2.05, 4.69) is 17.2 Å². The Bertz CT molecular complexity index is 581. The maximum atomic E-state index is 13.3. The summed E-state index contributed by atoms with van der Waals surface area (Å²) in [5.41, 5.74) is 4.00. The minimum absolute atomic E-state index is 0.00968. The van der Waals surface area contributed by atoms with Crippen molar-refractivity contribution < 1.29 is 4.39 Å². The number of halogens is 1. The van der Waals surface area contributed by atoms with Crippen molar-refractivity contribution >= 4 is 0 Å². The van der Waals surface area contributed by atoms with Gasteiger partial charge in [-0.2, -0.15) is 0 Å². The van der Waals surface area contributed by atoms with E-state index < -0.39 is 0 Å². The van der Waals surface area contributed by atoms with Crippen LogP contribution in [0.3, 0.4) is 0 Å². The third-order valence-corrected chi connectivity index (χ3v) is 3.35. The second-order valence-corrected chi connectivity index (χ2v) is 5.09. The molecule has 0 saturated carbocycles. The van der Waals surface area contributed by atoms with Gasteiger partial charge in [-0.25, -0.2) is 4.39 Å². The maximum Gasteiger partial charge on any atom is 0.123 e. The number of aryl methyl sites for hydroxylation is 2. The second-order valence-electron chi connectivity index (χ2n) is 5.09. The van der Waals surface area contributed by atoms with Gasteiger partial charge in [0.2, 0.25) is 0 Å². The lowest BCUT2D eigenvalue weighted by Gasteiger charge is -2.21. The lowest BCUT2D eigenvalue weighted by Crippen LogP contribution is -2.25. The summed E-state index contributed by atoms with van der Waals surface area (Å²) in [7, 11) is 0. The zero-order valence-corrected chi connectivity index (χ0v) is 12.3. The largest absolute Gasteiger partial charge is 0.305 e. The van der Waals surface area contributed by atoms with Gasteiger partial charge in [0.15, 0.2) is 0 Å². The van der Waals surface area contributed by atoms with Gasteiger partial charge < -0.3 is 5.32 Å². The Morgan fingerprint density at radius 2 is 2.00 bits per heavy atom. The Labute approximate surface area is 120 Å². The molecule has 2 rings (SSSR count). The zero-order valence-electron chi connectivity index (χ0n) is 12.3. The van der Waals surface area contributed by atoms with Crippen molar-refractivity contribution in [2.24, 2.45) is 0 Å². The Hall–Kier alpha value is -1.74. The zero-order chi connectivity index (χ0) is 14.5. The van der Waals surface area contributed by atoms with Gasteiger partial charge in [-0.3, -0.25) is 4.98 Å². The van der Waals surface area contributed by atoms with Crippen LogP contribution in [0.4, 0.5) is 4.39 Å². The molecule has 1 heterocycles. The molecule has 1 atom stereocenters. The molecular weight excluding hydrogens is 251 g/mol. The Morgan fingerprint density at radius 1 is 1.20 bits per heavy atom. The fourth-order valence-corrected chi connectivity index (χ4v) is 2.35. The van der Waals surface area contributed by atoms with Crippen molar-refractivity contribution in [2.45, 2.75) is 33.2 Å². The van der Waals surface area contributed by atoms with E-state index in [1.54, 1.807) is 6.07 Å². The maximum absolute atomic E-state index is 13.3. The molecule has 0 amide bonds. The molecule has 0 spiro atoms. The number of rotatable bonds is 5. The SMILES string of the molecule is CCCNC(c1cccc(C)n1)c1ccc(F)cc1C. The Morgan fingerprint density at radius 3 is 2.65 bits per heavy atom. The molecule has 0 radical (unpaired) electrons. The van der Waals surface area contributed by atoms with Crippen LogP contribution in [-0.2, 0) is 0 Å². The summed E-state index contributed by atoms with van der Waals surface area (Å²) >= 11 is 0. The van der Waals surface area contributed by atoms with Crippen LogP contribution in [0.1, 0.15) is 41.9 Å². The van der Waals surface area contributed by atoms with Crippen LogP contribution in [0.15, 0.2) is 36.4 Å². The van der Waals surface area contributed by atoms with Crippen LogP contribution in [0.5, 0.6) is 0 Å². The quantitative estimate of drug-likeness (QED) is 0.892. The molecule has 1 aromatic carbocycles. The predicted octanol–water partition coefficient (Wildman–Crippen LogP) is 3.93. The van der Waals surface area contributed by atoms with Crippen molar-refractivity contribution in [3.8, 4) is 0 Å². The normalized spacial score (nSPS) is 12.4. The van der Waals surface area contributed by atoms with Gasteiger partial charge in [0.25, 0.3) is 0 Å². The number of nitrogens with one attached hydrogen (secondary N) is 1. The van der Waals surface area contributed by atoms with Crippen LogP contribution in [0.2, 0.25) is 0 Å². The van der Waals surface area contributed by atoms with E-state index in [1.165, 1.54) is 6.07 Å². The first-order valence-corrected chi connectivity index (χ1v) is 7.04. The van der Waals surface area contributed by atoms with Crippen LogP contribution in [0.25, 0.3) is 0 Å². The topological polar surface area (TPSA) is 24.9 Å². The van der Waals surface area contributed by atoms with E-state index in [9.17, 15) is 4.39 Å². The Kier molecular flexibility index (Phi) is 4.85. The van der Waals surface area contributed by atoms with E-state index in [0.29, 0.717) is 0 Å². The summed E-state index contributed by atoms with van der Waals surface area (Å²) in [5.74, 6) is -0.197. The summed E-state index contributed by atoms with van der Waals surface area (Å²) in [6, 6.07) is 11.0. The highest BCUT2D eigenvalue weighted by molar-refractivity contribution is 5.35. The standard InChI is InChI=1S/C17H21FN2/c1-4-10-19-17(16-7-5-6-13(3)20-16)15-9-8-14(18)11-12(15)2/h5-9,11,17,19H,4,10H2,1-3H3. The Balaban J connectivity index is 2.41. The molecule has 0 fully saturated rings. The molecule has 1 N–H and O–H groups in total. The highest BCUT2D eigenvalue weighted by Gasteiger charge is 2.17. The molecule has 2 aromatic rings. The molecule has 0 saturated heterocycles. The minimum atomic E-state index is -0.197. The lowest BCUT2D eigenvalue weighted by molar-refractivity contribution is 0.578. The first-order chi connectivity index (χ1) is 9.61. The number of pyridine rings is 1. The first kappa shape index (κ1) is 14.7. The molecule has 0 aliphatic rings. The number of hydrogen-bond donors (Lipinski definition) is 1. The summed E-state index contributed by atoms with van der Waals surface area (Å²) in [6.45, 7) is 6.95. The predicted molar refractivity (Wildman–Crippen MR) is 80.2 cm³/mol. The van der Waals surface area contributed by atoms with Crippen molar-refractivity contribution in [2.75, 3.05) is 6.54 Å². The van der Waals surface area contributed by atoms with Gasteiger partial charge in [-0.1, -0.05) is 19.1 Å². The van der Waals surface area contributed by atoms with Gasteiger partial charge in [0, 0.05) is 5.69 Å². The van der Waals surface area contributed by atoms with Crippen LogP contribution in [0, 0.1) is 19.7 Å². The van der Waals surface area contributed by atoms with E-state index in [-0.39, 0.29) is 11.9 Å². The van der Waals surface area contributed by atoms with Crippen molar-refractivity contribution in [1.29, 1.82) is 0 Å². The fourth-order valence-electron chi connectivity index (χ4n) is 2.35. The number of nitrogens with zero attached hydrogens (tertiary/aromatic N) is 1. The average Bonchev–Trinajstić information content (AvgIpc) is 2.41. The second kappa shape index (κ2) is 6.62. The first-order valence-electron chi connectivity index (χ1n) is 7.04. The van der Waals surface area contributed by atoms with E-state index in [0.717, 1.165) is 35.5 Å². The molecule has 3 heteroatoms. The van der Waals surface area contributed by atoms with E-state index >= 15 is 0 Å². The van der Waals surface area contributed by atoms with Crippen molar-refractivity contribution in [1.82, 2.24) is 10.3 Å². The molecule has 0 aliphatic heterocycles. The third kappa shape index (κ3) is 3.42.